The number of piperazine rings is 1. The number of benzene rings is 1. The van der Waals surface area contributed by atoms with Gasteiger partial charge < -0.3 is 9.80 Å². The fraction of sp³-hybridized carbons (Fsp3) is 0.467. The highest BCUT2D eigenvalue weighted by atomic mass is 32.2. The molecule has 0 unspecified atom stereocenters. The van der Waals surface area contributed by atoms with E-state index in [0.717, 1.165) is 31.1 Å². The number of thioether (sulfide) groups is 1. The molecule has 4 nitrogen and oxygen atoms in total. The minimum absolute atomic E-state index is 0.0649. The minimum Gasteiger partial charge on any atom is -0.339 e. The second kappa shape index (κ2) is 6.90. The molecular weight excluding hydrogens is 272 g/mol. The van der Waals surface area contributed by atoms with E-state index >= 15 is 0 Å². The van der Waals surface area contributed by atoms with Gasteiger partial charge in [-0.2, -0.15) is 0 Å². The number of likely N-dealkylation sites (N-methyl/N-ethyl adjacent to an activating group) is 1. The van der Waals surface area contributed by atoms with Crippen LogP contribution in [0.2, 0.25) is 0 Å². The van der Waals surface area contributed by atoms with Crippen LogP contribution in [-0.2, 0) is 4.79 Å². The third-order valence-electron chi connectivity index (χ3n) is 3.48. The van der Waals surface area contributed by atoms with Crippen molar-refractivity contribution >= 4 is 23.5 Å². The fourth-order valence-corrected chi connectivity index (χ4v) is 2.88. The zero-order valence-electron chi connectivity index (χ0n) is 12.0. The maximum atomic E-state index is 12.1. The lowest BCUT2D eigenvalue weighted by Gasteiger charge is -2.32. The molecule has 1 fully saturated rings. The molecular formula is C15H20N2O2S. The van der Waals surface area contributed by atoms with E-state index in [1.807, 2.05) is 29.2 Å². The second-order valence-electron chi connectivity index (χ2n) is 5.05. The van der Waals surface area contributed by atoms with Crippen LogP contribution in [0.1, 0.15) is 17.3 Å². The molecule has 0 aliphatic carbocycles. The van der Waals surface area contributed by atoms with Gasteiger partial charge in [-0.3, -0.25) is 9.59 Å². The van der Waals surface area contributed by atoms with Gasteiger partial charge in [-0.15, -0.1) is 11.8 Å². The van der Waals surface area contributed by atoms with Gasteiger partial charge in [0.05, 0.1) is 5.75 Å². The summed E-state index contributed by atoms with van der Waals surface area (Å²) in [7, 11) is 2.08. The monoisotopic (exact) mass is 292 g/mol. The van der Waals surface area contributed by atoms with E-state index in [0.29, 0.717) is 11.3 Å². The van der Waals surface area contributed by atoms with Gasteiger partial charge >= 0.3 is 0 Å². The third-order valence-corrected chi connectivity index (χ3v) is 4.48. The van der Waals surface area contributed by atoms with Crippen LogP contribution in [-0.4, -0.2) is 60.5 Å². The predicted octanol–water partition coefficient (Wildman–Crippen LogP) is 1.76. The largest absolute Gasteiger partial charge is 0.339 e. The van der Waals surface area contributed by atoms with Crippen molar-refractivity contribution in [1.29, 1.82) is 0 Å². The van der Waals surface area contributed by atoms with E-state index in [1.165, 1.54) is 11.8 Å². The van der Waals surface area contributed by atoms with Crippen LogP contribution >= 0.6 is 11.8 Å². The summed E-state index contributed by atoms with van der Waals surface area (Å²) in [5.74, 6) is 0.720. The summed E-state index contributed by atoms with van der Waals surface area (Å²) in [6.45, 7) is 5.09. The smallest absolute Gasteiger partial charge is 0.233 e. The molecule has 0 saturated carbocycles. The van der Waals surface area contributed by atoms with Crippen molar-refractivity contribution in [3.63, 3.8) is 0 Å². The molecule has 20 heavy (non-hydrogen) atoms. The molecule has 0 spiro atoms. The average Bonchev–Trinajstić information content (AvgIpc) is 2.46. The van der Waals surface area contributed by atoms with Crippen LogP contribution in [0, 0.1) is 0 Å². The summed E-state index contributed by atoms with van der Waals surface area (Å²) >= 11 is 1.53. The molecule has 0 aromatic heterocycles. The SMILES string of the molecule is CC(=O)c1ccc(SCC(=O)N2CCN(C)CC2)cc1. The lowest BCUT2D eigenvalue weighted by atomic mass is 10.2. The molecule has 1 aromatic carbocycles. The number of carbonyl (C=O) groups excluding carboxylic acids is 2. The number of carbonyl (C=O) groups is 2. The highest BCUT2D eigenvalue weighted by Gasteiger charge is 2.18. The molecule has 1 amide bonds. The van der Waals surface area contributed by atoms with Crippen LogP contribution in [0.3, 0.4) is 0 Å². The number of amides is 1. The molecule has 1 saturated heterocycles. The van der Waals surface area contributed by atoms with Crippen LogP contribution in [0.15, 0.2) is 29.2 Å². The first-order chi connectivity index (χ1) is 9.56. The van der Waals surface area contributed by atoms with Gasteiger partial charge in [0.15, 0.2) is 5.78 Å². The highest BCUT2D eigenvalue weighted by Crippen LogP contribution is 2.19. The van der Waals surface area contributed by atoms with Gasteiger partial charge in [0.2, 0.25) is 5.91 Å². The summed E-state index contributed by atoms with van der Waals surface area (Å²) < 4.78 is 0. The Labute approximate surface area is 124 Å². The summed E-state index contributed by atoms with van der Waals surface area (Å²) in [5, 5.41) is 0. The Morgan fingerprint density at radius 1 is 1.10 bits per heavy atom. The molecule has 0 bridgehead atoms. The molecule has 1 heterocycles. The summed E-state index contributed by atoms with van der Waals surface area (Å²) in [4.78, 5) is 28.5. The Morgan fingerprint density at radius 2 is 1.70 bits per heavy atom. The summed E-state index contributed by atoms with van der Waals surface area (Å²) in [5.41, 5.74) is 0.708. The first-order valence-electron chi connectivity index (χ1n) is 6.76. The Morgan fingerprint density at radius 3 is 2.25 bits per heavy atom. The fourth-order valence-electron chi connectivity index (χ4n) is 2.08. The first-order valence-corrected chi connectivity index (χ1v) is 7.75. The van der Waals surface area contributed by atoms with Crippen molar-refractivity contribution in [2.24, 2.45) is 0 Å². The maximum absolute atomic E-state index is 12.1. The Hall–Kier alpha value is -1.33. The minimum atomic E-state index is 0.0649. The van der Waals surface area contributed by atoms with Gasteiger partial charge in [-0.25, -0.2) is 0 Å². The van der Waals surface area contributed by atoms with E-state index in [4.69, 9.17) is 0 Å². The van der Waals surface area contributed by atoms with Crippen molar-refractivity contribution in [3.05, 3.63) is 29.8 Å². The van der Waals surface area contributed by atoms with Crippen LogP contribution < -0.4 is 0 Å². The third kappa shape index (κ3) is 4.08. The zero-order chi connectivity index (χ0) is 14.5. The van der Waals surface area contributed by atoms with Gasteiger partial charge in [-0.05, 0) is 26.1 Å². The Bertz CT molecular complexity index is 479. The number of ketones is 1. The first kappa shape index (κ1) is 15.1. The number of nitrogens with zero attached hydrogens (tertiary/aromatic N) is 2. The molecule has 0 radical (unpaired) electrons. The van der Waals surface area contributed by atoms with Gasteiger partial charge in [-0.1, -0.05) is 12.1 Å². The number of hydrogen-bond acceptors (Lipinski definition) is 4. The van der Waals surface area contributed by atoms with Gasteiger partial charge in [0.1, 0.15) is 0 Å². The average molecular weight is 292 g/mol. The molecule has 0 N–H and O–H groups in total. The van der Waals surface area contributed by atoms with E-state index in [2.05, 4.69) is 11.9 Å². The van der Waals surface area contributed by atoms with E-state index < -0.39 is 0 Å². The van der Waals surface area contributed by atoms with Crippen molar-refractivity contribution < 1.29 is 9.59 Å². The zero-order valence-corrected chi connectivity index (χ0v) is 12.8. The lowest BCUT2D eigenvalue weighted by molar-refractivity contribution is -0.129. The van der Waals surface area contributed by atoms with Crippen molar-refractivity contribution in [1.82, 2.24) is 9.80 Å². The molecule has 1 aliphatic heterocycles. The van der Waals surface area contributed by atoms with E-state index in [9.17, 15) is 9.59 Å². The van der Waals surface area contributed by atoms with Gasteiger partial charge in [0, 0.05) is 36.6 Å². The predicted molar refractivity (Wildman–Crippen MR) is 81.2 cm³/mol. The van der Waals surface area contributed by atoms with Crippen LogP contribution in [0.4, 0.5) is 0 Å². The number of Topliss-reactive ketones (excluding diaryl/α,β-unsaturated/α-hetero) is 1. The number of rotatable bonds is 4. The van der Waals surface area contributed by atoms with Crippen molar-refractivity contribution in [2.75, 3.05) is 39.0 Å². The van der Waals surface area contributed by atoms with Gasteiger partial charge in [0.25, 0.3) is 0 Å². The maximum Gasteiger partial charge on any atom is 0.233 e. The number of hydrogen-bond donors (Lipinski definition) is 0. The van der Waals surface area contributed by atoms with Crippen molar-refractivity contribution in [2.45, 2.75) is 11.8 Å². The van der Waals surface area contributed by atoms with Crippen LogP contribution in [0.25, 0.3) is 0 Å². The lowest BCUT2D eigenvalue weighted by Crippen LogP contribution is -2.47. The van der Waals surface area contributed by atoms with Crippen LogP contribution in [0.5, 0.6) is 0 Å². The van der Waals surface area contributed by atoms with E-state index in [1.54, 1.807) is 6.92 Å². The topological polar surface area (TPSA) is 40.6 Å². The summed E-state index contributed by atoms with van der Waals surface area (Å²) in [6, 6.07) is 7.42. The molecule has 2 rings (SSSR count). The summed E-state index contributed by atoms with van der Waals surface area (Å²) in [6.07, 6.45) is 0. The van der Waals surface area contributed by atoms with E-state index in [-0.39, 0.29) is 11.7 Å². The Balaban J connectivity index is 1.82. The second-order valence-corrected chi connectivity index (χ2v) is 6.10. The standard InChI is InChI=1S/C15H20N2O2S/c1-12(18)13-3-5-14(6-4-13)20-11-15(19)17-9-7-16(2)8-10-17/h3-6H,7-11H2,1-2H3. The van der Waals surface area contributed by atoms with Crippen molar-refractivity contribution in [3.8, 4) is 0 Å². The molecule has 5 heteroatoms. The normalized spacial score (nSPS) is 16.2. The molecule has 1 aromatic rings. The molecule has 0 atom stereocenters. The molecule has 108 valence electrons. The quantitative estimate of drug-likeness (QED) is 0.626. The Kier molecular flexibility index (Phi) is 5.20. The molecule has 1 aliphatic rings. The highest BCUT2D eigenvalue weighted by molar-refractivity contribution is 8.00.